The van der Waals surface area contributed by atoms with Gasteiger partial charge in [-0.25, -0.2) is 15.0 Å². The fourth-order valence-corrected chi connectivity index (χ4v) is 6.98. The zero-order valence-corrected chi connectivity index (χ0v) is 26.3. The second-order valence-electron chi connectivity index (χ2n) is 12.5. The summed E-state index contributed by atoms with van der Waals surface area (Å²) in [7, 11) is 0. The van der Waals surface area contributed by atoms with E-state index in [2.05, 4.69) is 121 Å². The summed E-state index contributed by atoms with van der Waals surface area (Å²) >= 11 is 0. The molecule has 2 heterocycles. The Labute approximate surface area is 282 Å². The molecular weight excluding hydrogens is 599 g/mol. The third kappa shape index (κ3) is 4.73. The topological polar surface area (TPSA) is 51.8 Å². The first-order valence-electron chi connectivity index (χ1n) is 16.4. The summed E-state index contributed by atoms with van der Waals surface area (Å²) in [5.74, 6) is 1.89. The van der Waals surface area contributed by atoms with Crippen molar-refractivity contribution in [1.29, 1.82) is 0 Å². The predicted octanol–water partition coefficient (Wildman–Crippen LogP) is 11.9. The molecule has 0 amide bonds. The van der Waals surface area contributed by atoms with E-state index in [0.717, 1.165) is 54.8 Å². The molecule has 0 aliphatic heterocycles. The molecule has 0 saturated carbocycles. The van der Waals surface area contributed by atoms with E-state index in [0.29, 0.717) is 17.5 Å². The van der Waals surface area contributed by atoms with Crippen LogP contribution in [0.5, 0.6) is 0 Å². The summed E-state index contributed by atoms with van der Waals surface area (Å²) < 4.78 is 6.40. The summed E-state index contributed by atoms with van der Waals surface area (Å²) in [5.41, 5.74) is 6.90. The lowest BCUT2D eigenvalue weighted by Crippen LogP contribution is -2.00. The second-order valence-corrected chi connectivity index (χ2v) is 12.5. The normalized spacial score (nSPS) is 11.7. The van der Waals surface area contributed by atoms with E-state index in [9.17, 15) is 0 Å². The molecule has 4 nitrogen and oxygen atoms in total. The van der Waals surface area contributed by atoms with Gasteiger partial charge >= 0.3 is 0 Å². The van der Waals surface area contributed by atoms with Crippen LogP contribution in [0.15, 0.2) is 168 Å². The number of hydrogen-bond acceptors (Lipinski definition) is 4. The van der Waals surface area contributed by atoms with Gasteiger partial charge in [0, 0.05) is 27.5 Å². The molecule has 0 aliphatic rings. The van der Waals surface area contributed by atoms with Crippen LogP contribution in [0.25, 0.3) is 99.5 Å². The van der Waals surface area contributed by atoms with E-state index in [1.165, 1.54) is 27.3 Å². The Morgan fingerprint density at radius 1 is 0.306 bits per heavy atom. The van der Waals surface area contributed by atoms with Crippen LogP contribution in [0, 0.1) is 0 Å². The van der Waals surface area contributed by atoms with E-state index in [1.807, 2.05) is 42.5 Å². The highest BCUT2D eigenvalue weighted by molar-refractivity contribution is 6.11. The molecule has 0 unspecified atom stereocenters. The van der Waals surface area contributed by atoms with Crippen LogP contribution in [0.1, 0.15) is 0 Å². The third-order valence-corrected chi connectivity index (χ3v) is 9.46. The van der Waals surface area contributed by atoms with Crippen molar-refractivity contribution in [3.05, 3.63) is 164 Å². The van der Waals surface area contributed by atoms with Gasteiger partial charge in [0.15, 0.2) is 17.5 Å². The molecule has 0 saturated heterocycles. The molecule has 8 aromatic carbocycles. The molecule has 0 radical (unpaired) electrons. The van der Waals surface area contributed by atoms with Crippen LogP contribution in [0.4, 0.5) is 0 Å². The molecule has 49 heavy (non-hydrogen) atoms. The molecule has 0 fully saturated rings. The lowest BCUT2D eigenvalue weighted by molar-refractivity contribution is 0.669. The van der Waals surface area contributed by atoms with Gasteiger partial charge < -0.3 is 4.42 Å². The van der Waals surface area contributed by atoms with Crippen LogP contribution in [-0.4, -0.2) is 15.0 Å². The van der Waals surface area contributed by atoms with Crippen molar-refractivity contribution in [2.45, 2.75) is 0 Å². The van der Waals surface area contributed by atoms with Crippen molar-refractivity contribution in [2.24, 2.45) is 0 Å². The Bertz CT molecular complexity index is 2890. The van der Waals surface area contributed by atoms with Crippen molar-refractivity contribution in [1.82, 2.24) is 15.0 Å². The van der Waals surface area contributed by atoms with Crippen LogP contribution < -0.4 is 0 Å². The van der Waals surface area contributed by atoms with Gasteiger partial charge in [-0.1, -0.05) is 121 Å². The standard InChI is InChI=1S/C45H27N3O/c1-2-11-30(12-3-1)43-46-44(34-20-17-28-9-4-5-13-31(28)23-34)48-45(47-43)35-21-22-41-39(25-35)40-26-36-24-33(19-18-32(36)27-42(40)49-41)38-16-8-14-29-10-6-7-15-37(29)38/h1-27H. The van der Waals surface area contributed by atoms with Gasteiger partial charge in [-0.3, -0.25) is 0 Å². The first-order chi connectivity index (χ1) is 24.2. The summed E-state index contributed by atoms with van der Waals surface area (Å²) in [6.45, 7) is 0. The van der Waals surface area contributed by atoms with Gasteiger partial charge in [-0.15, -0.1) is 0 Å². The minimum absolute atomic E-state index is 0.618. The van der Waals surface area contributed by atoms with Gasteiger partial charge in [0.1, 0.15) is 11.2 Å². The van der Waals surface area contributed by atoms with Gasteiger partial charge in [-0.2, -0.15) is 0 Å². The number of benzene rings is 8. The number of aromatic nitrogens is 3. The van der Waals surface area contributed by atoms with Gasteiger partial charge in [0.2, 0.25) is 0 Å². The quantitative estimate of drug-likeness (QED) is 0.195. The SMILES string of the molecule is c1ccc(-c2nc(-c3ccc4ccccc4c3)nc(-c3ccc4oc5cc6ccc(-c7cccc8ccccc78)cc6cc5c4c3)n2)cc1. The number of fused-ring (bicyclic) bond motifs is 6. The zero-order chi connectivity index (χ0) is 32.3. The summed E-state index contributed by atoms with van der Waals surface area (Å²) in [6.07, 6.45) is 0. The van der Waals surface area contributed by atoms with Crippen molar-refractivity contribution in [3.8, 4) is 45.3 Å². The van der Waals surface area contributed by atoms with E-state index < -0.39 is 0 Å². The van der Waals surface area contributed by atoms with E-state index in [-0.39, 0.29) is 0 Å². The van der Waals surface area contributed by atoms with Gasteiger partial charge in [0.05, 0.1) is 0 Å². The van der Waals surface area contributed by atoms with Crippen molar-refractivity contribution < 1.29 is 4.42 Å². The molecule has 0 aliphatic carbocycles. The van der Waals surface area contributed by atoms with E-state index in [1.54, 1.807) is 0 Å². The van der Waals surface area contributed by atoms with Crippen LogP contribution in [-0.2, 0) is 0 Å². The maximum Gasteiger partial charge on any atom is 0.164 e. The first-order valence-corrected chi connectivity index (χ1v) is 16.4. The number of furan rings is 1. The Morgan fingerprint density at radius 2 is 0.898 bits per heavy atom. The van der Waals surface area contributed by atoms with Crippen molar-refractivity contribution in [2.75, 3.05) is 0 Å². The highest BCUT2D eigenvalue weighted by Gasteiger charge is 2.16. The number of rotatable bonds is 4. The Hall–Kier alpha value is -6.65. The van der Waals surface area contributed by atoms with Crippen LogP contribution >= 0.6 is 0 Å². The molecule has 0 atom stereocenters. The third-order valence-electron chi connectivity index (χ3n) is 9.46. The molecule has 0 bridgehead atoms. The fraction of sp³-hybridized carbons (Fsp3) is 0. The van der Waals surface area contributed by atoms with E-state index in [4.69, 9.17) is 19.4 Å². The van der Waals surface area contributed by atoms with Crippen molar-refractivity contribution >= 4 is 54.3 Å². The van der Waals surface area contributed by atoms with Crippen LogP contribution in [0.2, 0.25) is 0 Å². The summed E-state index contributed by atoms with van der Waals surface area (Å²) in [5, 5.41) is 9.20. The molecule has 10 aromatic rings. The summed E-state index contributed by atoms with van der Waals surface area (Å²) in [6, 6.07) is 57.1. The monoisotopic (exact) mass is 625 g/mol. The first kappa shape index (κ1) is 27.5. The average Bonchev–Trinajstić information content (AvgIpc) is 3.53. The Morgan fingerprint density at radius 3 is 1.76 bits per heavy atom. The number of hydrogen-bond donors (Lipinski definition) is 0. The molecule has 2 aromatic heterocycles. The number of nitrogens with zero attached hydrogens (tertiary/aromatic N) is 3. The Kier molecular flexibility index (Phi) is 6.15. The minimum atomic E-state index is 0.618. The largest absolute Gasteiger partial charge is 0.456 e. The lowest BCUT2D eigenvalue weighted by atomic mass is 9.95. The Balaban J connectivity index is 1.13. The van der Waals surface area contributed by atoms with Gasteiger partial charge in [-0.05, 0) is 85.9 Å². The smallest absolute Gasteiger partial charge is 0.164 e. The molecular formula is C45H27N3O. The molecule has 10 rings (SSSR count). The highest BCUT2D eigenvalue weighted by atomic mass is 16.3. The average molecular weight is 626 g/mol. The molecule has 0 spiro atoms. The lowest BCUT2D eigenvalue weighted by Gasteiger charge is -2.09. The van der Waals surface area contributed by atoms with Crippen molar-refractivity contribution in [3.63, 3.8) is 0 Å². The van der Waals surface area contributed by atoms with E-state index >= 15 is 0 Å². The molecule has 228 valence electrons. The molecule has 4 heteroatoms. The van der Waals surface area contributed by atoms with Gasteiger partial charge in [0.25, 0.3) is 0 Å². The molecule has 0 N–H and O–H groups in total. The minimum Gasteiger partial charge on any atom is -0.456 e. The predicted molar refractivity (Wildman–Crippen MR) is 201 cm³/mol. The maximum atomic E-state index is 6.40. The highest BCUT2D eigenvalue weighted by Crippen LogP contribution is 2.37. The fourth-order valence-electron chi connectivity index (χ4n) is 6.98. The van der Waals surface area contributed by atoms with Crippen LogP contribution in [0.3, 0.4) is 0 Å². The maximum absolute atomic E-state index is 6.40. The zero-order valence-electron chi connectivity index (χ0n) is 26.3. The summed E-state index contributed by atoms with van der Waals surface area (Å²) in [4.78, 5) is 15.0. The second kappa shape index (κ2) is 11.0.